The first-order chi connectivity index (χ1) is 7.95. The smallest absolute Gasteiger partial charge is 0.407 e. The number of halogens is 1. The SMILES string of the molecule is COc1c(C)cc(Cl)cc1CCN(C)C(=O)O. The zero-order valence-corrected chi connectivity index (χ0v) is 10.9. The van der Waals surface area contributed by atoms with Crippen LogP contribution in [0, 0.1) is 6.92 Å². The van der Waals surface area contributed by atoms with Gasteiger partial charge < -0.3 is 14.7 Å². The van der Waals surface area contributed by atoms with Crippen LogP contribution in [-0.4, -0.2) is 36.8 Å². The van der Waals surface area contributed by atoms with Gasteiger partial charge in [0.25, 0.3) is 0 Å². The minimum absolute atomic E-state index is 0.408. The lowest BCUT2D eigenvalue weighted by Gasteiger charge is -2.16. The second kappa shape index (κ2) is 5.77. The third-order valence-corrected chi connectivity index (χ3v) is 2.78. The second-order valence-electron chi connectivity index (χ2n) is 3.87. The van der Waals surface area contributed by atoms with Gasteiger partial charge in [0, 0.05) is 18.6 Å². The minimum atomic E-state index is -0.942. The van der Waals surface area contributed by atoms with Crippen molar-refractivity contribution in [2.75, 3.05) is 20.7 Å². The lowest BCUT2D eigenvalue weighted by atomic mass is 10.1. The van der Waals surface area contributed by atoms with Gasteiger partial charge in [-0.15, -0.1) is 0 Å². The normalized spacial score (nSPS) is 10.1. The van der Waals surface area contributed by atoms with Gasteiger partial charge in [0.05, 0.1) is 7.11 Å². The summed E-state index contributed by atoms with van der Waals surface area (Å²) in [5.41, 5.74) is 1.87. The highest BCUT2D eigenvalue weighted by atomic mass is 35.5. The van der Waals surface area contributed by atoms with Gasteiger partial charge in [-0.25, -0.2) is 4.79 Å². The summed E-state index contributed by atoms with van der Waals surface area (Å²) in [4.78, 5) is 11.9. The molecule has 0 heterocycles. The Morgan fingerprint density at radius 2 is 2.18 bits per heavy atom. The van der Waals surface area contributed by atoms with E-state index >= 15 is 0 Å². The first-order valence-corrected chi connectivity index (χ1v) is 5.60. The third kappa shape index (κ3) is 3.53. The Hall–Kier alpha value is -1.42. The Morgan fingerprint density at radius 1 is 1.53 bits per heavy atom. The van der Waals surface area contributed by atoms with E-state index in [0.717, 1.165) is 16.9 Å². The number of ether oxygens (including phenoxy) is 1. The molecule has 17 heavy (non-hydrogen) atoms. The monoisotopic (exact) mass is 257 g/mol. The second-order valence-corrected chi connectivity index (χ2v) is 4.31. The molecule has 0 aliphatic heterocycles. The van der Waals surface area contributed by atoms with Crippen LogP contribution in [0.4, 0.5) is 4.79 Å². The number of hydrogen-bond donors (Lipinski definition) is 1. The number of benzene rings is 1. The molecule has 0 saturated heterocycles. The molecule has 1 rings (SSSR count). The van der Waals surface area contributed by atoms with Gasteiger partial charge >= 0.3 is 6.09 Å². The van der Waals surface area contributed by atoms with Gasteiger partial charge in [-0.2, -0.15) is 0 Å². The maximum atomic E-state index is 10.7. The van der Waals surface area contributed by atoms with Crippen LogP contribution < -0.4 is 4.74 Å². The van der Waals surface area contributed by atoms with E-state index < -0.39 is 6.09 Å². The number of likely N-dealkylation sites (N-methyl/N-ethyl adjacent to an activating group) is 1. The molecule has 1 aromatic rings. The largest absolute Gasteiger partial charge is 0.496 e. The van der Waals surface area contributed by atoms with Gasteiger partial charge in [-0.1, -0.05) is 11.6 Å². The highest BCUT2D eigenvalue weighted by Gasteiger charge is 2.11. The molecule has 0 atom stereocenters. The standard InChI is InChI=1S/C12H16ClNO3/c1-8-6-10(13)7-9(11(8)17-3)4-5-14(2)12(15)16/h6-7H,4-5H2,1-3H3,(H,15,16). The molecule has 0 aromatic heterocycles. The van der Waals surface area contributed by atoms with Crippen molar-refractivity contribution in [1.82, 2.24) is 4.90 Å². The fourth-order valence-electron chi connectivity index (χ4n) is 1.66. The lowest BCUT2D eigenvalue weighted by Crippen LogP contribution is -2.27. The predicted octanol–water partition coefficient (Wildman–Crippen LogP) is 2.81. The van der Waals surface area contributed by atoms with E-state index in [0.29, 0.717) is 18.0 Å². The topological polar surface area (TPSA) is 49.8 Å². The molecule has 4 nitrogen and oxygen atoms in total. The van der Waals surface area contributed by atoms with Crippen molar-refractivity contribution in [3.63, 3.8) is 0 Å². The molecule has 1 N–H and O–H groups in total. The van der Waals surface area contributed by atoms with E-state index in [1.54, 1.807) is 7.11 Å². The lowest BCUT2D eigenvalue weighted by molar-refractivity contribution is 0.156. The van der Waals surface area contributed by atoms with E-state index in [2.05, 4.69) is 0 Å². The summed E-state index contributed by atoms with van der Waals surface area (Å²) in [6, 6.07) is 3.63. The molecular weight excluding hydrogens is 242 g/mol. The van der Waals surface area contributed by atoms with Crippen LogP contribution in [0.5, 0.6) is 5.75 Å². The average Bonchev–Trinajstić information content (AvgIpc) is 2.24. The Balaban J connectivity index is 2.86. The molecule has 1 aromatic carbocycles. The first kappa shape index (κ1) is 13.6. The highest BCUT2D eigenvalue weighted by molar-refractivity contribution is 6.30. The maximum absolute atomic E-state index is 10.7. The number of carbonyl (C=O) groups is 1. The van der Waals surface area contributed by atoms with Crippen LogP contribution in [0.25, 0.3) is 0 Å². The highest BCUT2D eigenvalue weighted by Crippen LogP contribution is 2.27. The molecule has 0 saturated carbocycles. The van der Waals surface area contributed by atoms with E-state index in [-0.39, 0.29) is 0 Å². The molecule has 0 spiro atoms. The fraction of sp³-hybridized carbons (Fsp3) is 0.417. The minimum Gasteiger partial charge on any atom is -0.496 e. The van der Waals surface area contributed by atoms with E-state index in [4.69, 9.17) is 21.4 Å². The Morgan fingerprint density at radius 3 is 2.71 bits per heavy atom. The zero-order valence-electron chi connectivity index (χ0n) is 10.2. The summed E-state index contributed by atoms with van der Waals surface area (Å²) in [7, 11) is 3.13. The Bertz CT molecular complexity index is 420. The summed E-state index contributed by atoms with van der Waals surface area (Å²) in [6.07, 6.45) is -0.365. The number of carboxylic acid groups (broad SMARTS) is 1. The number of methoxy groups -OCH3 is 1. The van der Waals surface area contributed by atoms with E-state index in [1.807, 2.05) is 19.1 Å². The van der Waals surface area contributed by atoms with Crippen molar-refractivity contribution in [3.05, 3.63) is 28.3 Å². The summed E-state index contributed by atoms with van der Waals surface area (Å²) >= 11 is 5.97. The zero-order chi connectivity index (χ0) is 13.0. The number of rotatable bonds is 4. The Labute approximate surface area is 106 Å². The van der Waals surface area contributed by atoms with Crippen molar-refractivity contribution in [2.45, 2.75) is 13.3 Å². The quantitative estimate of drug-likeness (QED) is 0.902. The van der Waals surface area contributed by atoms with Gasteiger partial charge in [0.2, 0.25) is 0 Å². The van der Waals surface area contributed by atoms with Gasteiger partial charge in [-0.3, -0.25) is 0 Å². The van der Waals surface area contributed by atoms with Crippen LogP contribution >= 0.6 is 11.6 Å². The van der Waals surface area contributed by atoms with Crippen molar-refractivity contribution >= 4 is 17.7 Å². The molecule has 0 aliphatic rings. The van der Waals surface area contributed by atoms with Gasteiger partial charge in [-0.05, 0) is 36.6 Å². The molecule has 0 radical (unpaired) electrons. The summed E-state index contributed by atoms with van der Waals surface area (Å²) in [5.74, 6) is 0.771. The molecule has 0 fully saturated rings. The number of amides is 1. The van der Waals surface area contributed by atoms with Crippen LogP contribution in [0.2, 0.25) is 5.02 Å². The summed E-state index contributed by atoms with van der Waals surface area (Å²) in [6.45, 7) is 2.32. The molecule has 5 heteroatoms. The first-order valence-electron chi connectivity index (χ1n) is 5.22. The van der Waals surface area contributed by atoms with Crippen LogP contribution in [0.3, 0.4) is 0 Å². The van der Waals surface area contributed by atoms with Crippen molar-refractivity contribution < 1.29 is 14.6 Å². The van der Waals surface area contributed by atoms with E-state index in [9.17, 15) is 4.79 Å². The summed E-state index contributed by atoms with van der Waals surface area (Å²) < 4.78 is 5.30. The molecule has 1 amide bonds. The summed E-state index contributed by atoms with van der Waals surface area (Å²) in [5, 5.41) is 9.40. The number of hydrogen-bond acceptors (Lipinski definition) is 2. The average molecular weight is 258 g/mol. The number of aryl methyl sites for hydroxylation is 1. The van der Waals surface area contributed by atoms with Crippen molar-refractivity contribution in [3.8, 4) is 5.75 Å². The predicted molar refractivity (Wildman–Crippen MR) is 67.1 cm³/mol. The fourth-order valence-corrected chi connectivity index (χ4v) is 1.96. The van der Waals surface area contributed by atoms with Crippen molar-refractivity contribution in [1.29, 1.82) is 0 Å². The third-order valence-electron chi connectivity index (χ3n) is 2.56. The molecule has 0 bridgehead atoms. The van der Waals surface area contributed by atoms with Crippen LogP contribution in [0.1, 0.15) is 11.1 Å². The molecule has 94 valence electrons. The molecule has 0 aliphatic carbocycles. The van der Waals surface area contributed by atoms with E-state index in [1.165, 1.54) is 11.9 Å². The molecular formula is C12H16ClNO3. The van der Waals surface area contributed by atoms with Crippen molar-refractivity contribution in [2.24, 2.45) is 0 Å². The molecule has 0 unspecified atom stereocenters. The van der Waals surface area contributed by atoms with Crippen LogP contribution in [-0.2, 0) is 6.42 Å². The van der Waals surface area contributed by atoms with Crippen LogP contribution in [0.15, 0.2) is 12.1 Å². The maximum Gasteiger partial charge on any atom is 0.407 e. The van der Waals surface area contributed by atoms with Gasteiger partial charge in [0.15, 0.2) is 0 Å². The number of nitrogens with zero attached hydrogens (tertiary/aromatic N) is 1. The Kier molecular flexibility index (Phi) is 4.63. The van der Waals surface area contributed by atoms with Gasteiger partial charge in [0.1, 0.15) is 5.75 Å².